The minimum atomic E-state index is 0.439. The van der Waals surface area contributed by atoms with Crippen LogP contribution in [0.2, 0.25) is 0 Å². The quantitative estimate of drug-likeness (QED) is 0.808. The molecule has 0 radical (unpaired) electrons. The average molecular weight is 259 g/mol. The first kappa shape index (κ1) is 12.6. The predicted molar refractivity (Wildman–Crippen MR) is 76.2 cm³/mol. The molecule has 4 nitrogen and oxygen atoms in total. The zero-order valence-electron chi connectivity index (χ0n) is 11.2. The Morgan fingerprint density at radius 2 is 2.32 bits per heavy atom. The smallest absolute Gasteiger partial charge is 0.0958 e. The van der Waals surface area contributed by atoms with E-state index in [2.05, 4.69) is 33.1 Å². The zero-order chi connectivity index (χ0) is 12.9. The van der Waals surface area contributed by atoms with E-state index in [-0.39, 0.29) is 0 Å². The molecule has 4 heteroatoms. The van der Waals surface area contributed by atoms with E-state index in [4.69, 9.17) is 4.74 Å². The molecule has 1 aromatic heterocycles. The van der Waals surface area contributed by atoms with Crippen molar-refractivity contribution in [2.45, 2.75) is 31.9 Å². The van der Waals surface area contributed by atoms with Crippen LogP contribution < -0.4 is 5.32 Å². The fourth-order valence-electron chi connectivity index (χ4n) is 2.63. The van der Waals surface area contributed by atoms with Gasteiger partial charge in [0.25, 0.3) is 0 Å². The highest BCUT2D eigenvalue weighted by Gasteiger charge is 2.14. The van der Waals surface area contributed by atoms with Gasteiger partial charge in [-0.25, -0.2) is 4.98 Å². The van der Waals surface area contributed by atoms with E-state index in [1.165, 1.54) is 18.4 Å². The van der Waals surface area contributed by atoms with Crippen LogP contribution in [0.25, 0.3) is 11.0 Å². The van der Waals surface area contributed by atoms with Crippen molar-refractivity contribution in [2.24, 2.45) is 0 Å². The molecule has 1 aliphatic rings. The van der Waals surface area contributed by atoms with E-state index < -0.39 is 0 Å². The number of rotatable bonds is 6. The largest absolute Gasteiger partial charge is 0.377 e. The number of benzene rings is 1. The number of nitrogens with zero attached hydrogens (tertiary/aromatic N) is 2. The Labute approximate surface area is 113 Å². The van der Waals surface area contributed by atoms with Crippen LogP contribution in [0.3, 0.4) is 0 Å². The van der Waals surface area contributed by atoms with Crippen LogP contribution in [0.1, 0.15) is 19.3 Å². The predicted octanol–water partition coefficient (Wildman–Crippen LogP) is 2.19. The molecule has 0 bridgehead atoms. The Balaban J connectivity index is 1.42. The number of imidazole rings is 1. The number of hydrogen-bond donors (Lipinski definition) is 1. The van der Waals surface area contributed by atoms with Crippen LogP contribution in [0.5, 0.6) is 0 Å². The fourth-order valence-corrected chi connectivity index (χ4v) is 2.63. The van der Waals surface area contributed by atoms with Gasteiger partial charge in [0.05, 0.1) is 23.5 Å². The van der Waals surface area contributed by atoms with Gasteiger partial charge in [-0.2, -0.15) is 0 Å². The van der Waals surface area contributed by atoms with Crippen molar-refractivity contribution in [3.63, 3.8) is 0 Å². The molecule has 0 aliphatic carbocycles. The summed E-state index contributed by atoms with van der Waals surface area (Å²) in [6.07, 6.45) is 5.92. The normalized spacial score (nSPS) is 19.3. The Bertz CT molecular complexity index is 517. The van der Waals surface area contributed by atoms with E-state index in [1.807, 2.05) is 12.4 Å². The molecule has 2 heterocycles. The molecule has 0 amide bonds. The van der Waals surface area contributed by atoms with Crippen molar-refractivity contribution in [1.29, 1.82) is 0 Å². The molecule has 1 atom stereocenters. The number of aromatic nitrogens is 2. The molecule has 1 N–H and O–H groups in total. The Kier molecular flexibility index (Phi) is 4.10. The van der Waals surface area contributed by atoms with Crippen LogP contribution in [0.4, 0.5) is 0 Å². The summed E-state index contributed by atoms with van der Waals surface area (Å²) in [5.74, 6) is 0. The Morgan fingerprint density at radius 3 is 3.21 bits per heavy atom. The molecule has 1 aliphatic heterocycles. The van der Waals surface area contributed by atoms with Crippen molar-refractivity contribution in [3.05, 3.63) is 30.6 Å². The summed E-state index contributed by atoms with van der Waals surface area (Å²) in [5, 5.41) is 3.48. The highest BCUT2D eigenvalue weighted by atomic mass is 16.5. The van der Waals surface area contributed by atoms with Gasteiger partial charge in [-0.3, -0.25) is 0 Å². The Morgan fingerprint density at radius 1 is 1.37 bits per heavy atom. The van der Waals surface area contributed by atoms with Gasteiger partial charge in [-0.05, 0) is 37.9 Å². The zero-order valence-corrected chi connectivity index (χ0v) is 11.2. The van der Waals surface area contributed by atoms with Gasteiger partial charge in [0.2, 0.25) is 0 Å². The first-order valence-electron chi connectivity index (χ1n) is 7.16. The lowest BCUT2D eigenvalue weighted by atomic mass is 10.2. The van der Waals surface area contributed by atoms with Gasteiger partial charge >= 0.3 is 0 Å². The molecular formula is C15H21N3O. The summed E-state index contributed by atoms with van der Waals surface area (Å²) in [5.41, 5.74) is 2.30. The third-order valence-corrected chi connectivity index (χ3v) is 3.68. The lowest BCUT2D eigenvalue weighted by Gasteiger charge is -2.10. The number of aryl methyl sites for hydroxylation is 1. The fraction of sp³-hybridized carbons (Fsp3) is 0.533. The maximum absolute atomic E-state index is 5.59. The monoisotopic (exact) mass is 259 g/mol. The van der Waals surface area contributed by atoms with Crippen molar-refractivity contribution in [3.8, 4) is 0 Å². The average Bonchev–Trinajstić information content (AvgIpc) is 3.08. The number of nitrogens with one attached hydrogen (secondary N) is 1. The van der Waals surface area contributed by atoms with Gasteiger partial charge in [0.1, 0.15) is 0 Å². The topological polar surface area (TPSA) is 39.1 Å². The summed E-state index contributed by atoms with van der Waals surface area (Å²) < 4.78 is 7.81. The lowest BCUT2D eigenvalue weighted by Crippen LogP contribution is -2.27. The van der Waals surface area contributed by atoms with E-state index in [9.17, 15) is 0 Å². The van der Waals surface area contributed by atoms with Gasteiger partial charge in [0, 0.05) is 19.7 Å². The molecule has 1 aromatic carbocycles. The number of para-hydroxylation sites is 2. The van der Waals surface area contributed by atoms with Crippen LogP contribution in [-0.2, 0) is 11.3 Å². The number of ether oxygens (including phenoxy) is 1. The van der Waals surface area contributed by atoms with E-state index in [0.717, 1.165) is 38.2 Å². The van der Waals surface area contributed by atoms with Gasteiger partial charge in [0.15, 0.2) is 0 Å². The highest BCUT2D eigenvalue weighted by Crippen LogP contribution is 2.12. The molecule has 1 saturated heterocycles. The minimum Gasteiger partial charge on any atom is -0.377 e. The summed E-state index contributed by atoms with van der Waals surface area (Å²) in [6.45, 7) is 3.98. The minimum absolute atomic E-state index is 0.439. The van der Waals surface area contributed by atoms with Gasteiger partial charge in [-0.1, -0.05) is 12.1 Å². The van der Waals surface area contributed by atoms with Gasteiger partial charge < -0.3 is 14.6 Å². The van der Waals surface area contributed by atoms with Crippen molar-refractivity contribution >= 4 is 11.0 Å². The molecule has 0 saturated carbocycles. The molecule has 102 valence electrons. The van der Waals surface area contributed by atoms with E-state index >= 15 is 0 Å². The first-order chi connectivity index (χ1) is 9.43. The maximum Gasteiger partial charge on any atom is 0.0958 e. The van der Waals surface area contributed by atoms with Crippen LogP contribution in [0.15, 0.2) is 30.6 Å². The molecule has 1 unspecified atom stereocenters. The van der Waals surface area contributed by atoms with Crippen LogP contribution in [0, 0.1) is 0 Å². The van der Waals surface area contributed by atoms with Crippen LogP contribution in [-0.4, -0.2) is 35.4 Å². The highest BCUT2D eigenvalue weighted by molar-refractivity contribution is 5.74. The summed E-state index contributed by atoms with van der Waals surface area (Å²) in [7, 11) is 0. The second kappa shape index (κ2) is 6.17. The summed E-state index contributed by atoms with van der Waals surface area (Å²) >= 11 is 0. The van der Waals surface area contributed by atoms with Crippen molar-refractivity contribution < 1.29 is 4.74 Å². The van der Waals surface area contributed by atoms with E-state index in [1.54, 1.807) is 0 Å². The third kappa shape index (κ3) is 3.14. The van der Waals surface area contributed by atoms with Gasteiger partial charge in [-0.15, -0.1) is 0 Å². The molecule has 2 aromatic rings. The van der Waals surface area contributed by atoms with Crippen molar-refractivity contribution in [1.82, 2.24) is 14.9 Å². The number of fused-ring (bicyclic) bond motifs is 1. The van der Waals surface area contributed by atoms with Crippen LogP contribution >= 0.6 is 0 Å². The second-order valence-electron chi connectivity index (χ2n) is 5.12. The summed E-state index contributed by atoms with van der Waals surface area (Å²) in [6, 6.07) is 8.28. The standard InChI is InChI=1S/C15H21N3O/c1-2-7-15-14(6-1)17-12-18(15)9-4-8-16-11-13-5-3-10-19-13/h1-2,6-7,12-13,16H,3-5,8-11H2. The SMILES string of the molecule is c1ccc2c(c1)ncn2CCCNCC1CCCO1. The third-order valence-electron chi connectivity index (χ3n) is 3.68. The van der Waals surface area contributed by atoms with E-state index in [0.29, 0.717) is 6.10 Å². The Hall–Kier alpha value is -1.39. The molecule has 1 fully saturated rings. The molecule has 3 rings (SSSR count). The molecule has 19 heavy (non-hydrogen) atoms. The summed E-state index contributed by atoms with van der Waals surface area (Å²) in [4.78, 5) is 4.40. The second-order valence-corrected chi connectivity index (χ2v) is 5.12. The molecule has 0 spiro atoms. The number of hydrogen-bond acceptors (Lipinski definition) is 3. The lowest BCUT2D eigenvalue weighted by molar-refractivity contribution is 0.110. The maximum atomic E-state index is 5.59. The van der Waals surface area contributed by atoms with Crippen molar-refractivity contribution in [2.75, 3.05) is 19.7 Å². The molecular weight excluding hydrogens is 238 g/mol. The first-order valence-corrected chi connectivity index (χ1v) is 7.16.